The summed E-state index contributed by atoms with van der Waals surface area (Å²) >= 11 is 0. The van der Waals surface area contributed by atoms with Crippen molar-refractivity contribution < 1.29 is 4.79 Å². The van der Waals surface area contributed by atoms with Crippen LogP contribution in [0.25, 0.3) is 0 Å². The first kappa shape index (κ1) is 11.5. The predicted molar refractivity (Wildman–Crippen MR) is 68.6 cm³/mol. The third-order valence-electron chi connectivity index (χ3n) is 2.54. The number of carbonyl (C=O) groups is 1. The van der Waals surface area contributed by atoms with Gasteiger partial charge in [-0.15, -0.1) is 0 Å². The normalized spacial score (nSPS) is 16.1. The molecule has 0 unspecified atom stereocenters. The number of rotatable bonds is 3. The lowest BCUT2D eigenvalue weighted by atomic mass is 10.0. The maximum Gasteiger partial charge on any atom is 0.175 e. The van der Waals surface area contributed by atoms with Gasteiger partial charge >= 0.3 is 0 Å². The van der Waals surface area contributed by atoms with Crippen molar-refractivity contribution in [1.29, 1.82) is 0 Å². The molecule has 17 heavy (non-hydrogen) atoms. The quantitative estimate of drug-likeness (QED) is 0.811. The number of aromatic nitrogens is 1. The SMILES string of the molecule is C/C=N/c1ncccc1NC1=CC(=O)CCC1. The molecule has 0 saturated heterocycles. The molecule has 0 fully saturated rings. The third-order valence-corrected chi connectivity index (χ3v) is 2.54. The van der Waals surface area contributed by atoms with Crippen LogP contribution in [-0.4, -0.2) is 17.0 Å². The minimum Gasteiger partial charge on any atom is -0.356 e. The fraction of sp³-hybridized carbons (Fsp3) is 0.308. The van der Waals surface area contributed by atoms with E-state index >= 15 is 0 Å². The number of hydrogen-bond donors (Lipinski definition) is 1. The van der Waals surface area contributed by atoms with Crippen molar-refractivity contribution in [2.24, 2.45) is 4.99 Å². The summed E-state index contributed by atoms with van der Waals surface area (Å²) in [6.07, 6.45) is 7.54. The Kier molecular flexibility index (Phi) is 3.65. The van der Waals surface area contributed by atoms with Crippen LogP contribution in [0.3, 0.4) is 0 Å². The van der Waals surface area contributed by atoms with Gasteiger partial charge < -0.3 is 5.32 Å². The van der Waals surface area contributed by atoms with E-state index in [1.165, 1.54) is 0 Å². The van der Waals surface area contributed by atoms with Crippen LogP contribution in [0.5, 0.6) is 0 Å². The number of nitrogens with zero attached hydrogens (tertiary/aromatic N) is 2. The third kappa shape index (κ3) is 3.00. The summed E-state index contributed by atoms with van der Waals surface area (Å²) in [6.45, 7) is 1.85. The molecule has 4 nitrogen and oxygen atoms in total. The van der Waals surface area contributed by atoms with Crippen molar-refractivity contribution in [1.82, 2.24) is 4.98 Å². The average Bonchev–Trinajstić information content (AvgIpc) is 2.32. The molecule has 1 heterocycles. The van der Waals surface area contributed by atoms with Gasteiger partial charge in [0.2, 0.25) is 0 Å². The molecule has 1 aliphatic carbocycles. The van der Waals surface area contributed by atoms with Crippen LogP contribution < -0.4 is 5.32 Å². The van der Waals surface area contributed by atoms with Crippen molar-refractivity contribution in [2.75, 3.05) is 5.32 Å². The second-order valence-electron chi connectivity index (χ2n) is 3.88. The molecule has 0 spiro atoms. The lowest BCUT2D eigenvalue weighted by molar-refractivity contribution is -0.115. The van der Waals surface area contributed by atoms with E-state index < -0.39 is 0 Å². The molecule has 2 rings (SSSR count). The van der Waals surface area contributed by atoms with E-state index in [2.05, 4.69) is 15.3 Å². The number of pyridine rings is 1. The molecule has 0 aromatic carbocycles. The van der Waals surface area contributed by atoms with E-state index in [1.807, 2.05) is 19.1 Å². The van der Waals surface area contributed by atoms with Gasteiger partial charge in [-0.3, -0.25) is 4.79 Å². The number of hydrogen-bond acceptors (Lipinski definition) is 4. The lowest BCUT2D eigenvalue weighted by Gasteiger charge is -2.15. The molecule has 0 bridgehead atoms. The van der Waals surface area contributed by atoms with Crippen molar-refractivity contribution in [2.45, 2.75) is 26.2 Å². The number of carbonyl (C=O) groups excluding carboxylic acids is 1. The van der Waals surface area contributed by atoms with Crippen LogP contribution in [0.15, 0.2) is 35.1 Å². The first-order chi connectivity index (χ1) is 8.29. The van der Waals surface area contributed by atoms with Crippen molar-refractivity contribution >= 4 is 23.5 Å². The van der Waals surface area contributed by atoms with E-state index in [1.54, 1.807) is 18.5 Å². The summed E-state index contributed by atoms with van der Waals surface area (Å²) < 4.78 is 0. The summed E-state index contributed by atoms with van der Waals surface area (Å²) in [5, 5.41) is 3.23. The Balaban J connectivity index is 2.21. The number of allylic oxidation sites excluding steroid dienone is 2. The smallest absolute Gasteiger partial charge is 0.175 e. The monoisotopic (exact) mass is 229 g/mol. The zero-order chi connectivity index (χ0) is 12.1. The first-order valence-corrected chi connectivity index (χ1v) is 5.73. The highest BCUT2D eigenvalue weighted by Gasteiger charge is 2.11. The van der Waals surface area contributed by atoms with Crippen molar-refractivity contribution in [3.63, 3.8) is 0 Å². The lowest BCUT2D eigenvalue weighted by Crippen LogP contribution is -2.09. The Labute approximate surface area is 100 Å². The van der Waals surface area contributed by atoms with Crippen LogP contribution in [0.1, 0.15) is 26.2 Å². The molecule has 0 amide bonds. The maximum absolute atomic E-state index is 11.3. The molecular weight excluding hydrogens is 214 g/mol. The highest BCUT2D eigenvalue weighted by atomic mass is 16.1. The zero-order valence-corrected chi connectivity index (χ0v) is 9.81. The van der Waals surface area contributed by atoms with Gasteiger partial charge in [0.05, 0.1) is 5.69 Å². The van der Waals surface area contributed by atoms with Crippen molar-refractivity contribution in [3.8, 4) is 0 Å². The van der Waals surface area contributed by atoms with E-state index in [0.29, 0.717) is 12.2 Å². The summed E-state index contributed by atoms with van der Waals surface area (Å²) in [7, 11) is 0. The van der Waals surface area contributed by atoms with Crippen LogP contribution in [0, 0.1) is 0 Å². The molecule has 1 N–H and O–H groups in total. The van der Waals surface area contributed by atoms with Gasteiger partial charge in [-0.25, -0.2) is 9.98 Å². The van der Waals surface area contributed by atoms with Gasteiger partial charge in [0.15, 0.2) is 11.6 Å². The van der Waals surface area contributed by atoms with Gasteiger partial charge in [-0.1, -0.05) is 0 Å². The Morgan fingerprint density at radius 2 is 2.35 bits per heavy atom. The van der Waals surface area contributed by atoms with E-state index in [4.69, 9.17) is 0 Å². The van der Waals surface area contributed by atoms with Crippen LogP contribution in [0.2, 0.25) is 0 Å². The molecule has 0 atom stereocenters. The summed E-state index contributed by atoms with van der Waals surface area (Å²) in [4.78, 5) is 19.7. The molecule has 1 aromatic heterocycles. The minimum atomic E-state index is 0.184. The Morgan fingerprint density at radius 1 is 1.47 bits per heavy atom. The van der Waals surface area contributed by atoms with Crippen molar-refractivity contribution in [3.05, 3.63) is 30.1 Å². The Morgan fingerprint density at radius 3 is 3.12 bits per heavy atom. The first-order valence-electron chi connectivity index (χ1n) is 5.73. The largest absolute Gasteiger partial charge is 0.356 e. The second kappa shape index (κ2) is 5.39. The predicted octanol–water partition coefficient (Wildman–Crippen LogP) is 2.85. The molecule has 1 aromatic rings. The van der Waals surface area contributed by atoms with E-state index in [-0.39, 0.29) is 5.78 Å². The van der Waals surface area contributed by atoms with Gasteiger partial charge in [0, 0.05) is 30.6 Å². The number of aliphatic imine (C=N–C) groups is 1. The minimum absolute atomic E-state index is 0.184. The molecule has 0 aliphatic heterocycles. The molecule has 88 valence electrons. The summed E-state index contributed by atoms with van der Waals surface area (Å²) in [6, 6.07) is 3.76. The van der Waals surface area contributed by atoms with Crippen LogP contribution in [-0.2, 0) is 4.79 Å². The molecule has 4 heteroatoms. The molecule has 0 radical (unpaired) electrons. The fourth-order valence-corrected chi connectivity index (χ4v) is 1.78. The van der Waals surface area contributed by atoms with Gasteiger partial charge in [-0.2, -0.15) is 0 Å². The molecule has 0 saturated carbocycles. The second-order valence-corrected chi connectivity index (χ2v) is 3.88. The Hall–Kier alpha value is -1.97. The highest BCUT2D eigenvalue weighted by molar-refractivity contribution is 5.91. The number of nitrogens with one attached hydrogen (secondary N) is 1. The zero-order valence-electron chi connectivity index (χ0n) is 9.81. The van der Waals surface area contributed by atoms with Gasteiger partial charge in [-0.05, 0) is 31.9 Å². The Bertz CT molecular complexity index is 477. The number of anilines is 1. The highest BCUT2D eigenvalue weighted by Crippen LogP contribution is 2.25. The summed E-state index contributed by atoms with van der Waals surface area (Å²) in [5.41, 5.74) is 1.79. The van der Waals surface area contributed by atoms with Gasteiger partial charge in [0.1, 0.15) is 0 Å². The van der Waals surface area contributed by atoms with E-state index in [9.17, 15) is 4.79 Å². The topological polar surface area (TPSA) is 54.4 Å². The summed E-state index contributed by atoms with van der Waals surface area (Å²) in [5.74, 6) is 0.831. The van der Waals surface area contributed by atoms with Crippen LogP contribution >= 0.6 is 0 Å². The van der Waals surface area contributed by atoms with Crippen LogP contribution in [0.4, 0.5) is 11.5 Å². The maximum atomic E-state index is 11.3. The average molecular weight is 229 g/mol. The molecule has 1 aliphatic rings. The standard InChI is InChI=1S/C13H15N3O/c1-2-14-13-12(7-4-8-15-13)16-10-5-3-6-11(17)9-10/h2,4,7-9,16H,3,5-6H2,1H3/b14-2+. The van der Waals surface area contributed by atoms with E-state index in [0.717, 1.165) is 24.2 Å². The molecular formula is C13H15N3O. The fourth-order valence-electron chi connectivity index (χ4n) is 1.78. The number of ketones is 1. The van der Waals surface area contributed by atoms with Gasteiger partial charge in [0.25, 0.3) is 0 Å².